The summed E-state index contributed by atoms with van der Waals surface area (Å²) >= 11 is 0. The highest BCUT2D eigenvalue weighted by Gasteiger charge is 2.15. The minimum Gasteiger partial charge on any atom is -0.330 e. The molecule has 0 saturated carbocycles. The normalized spacial score (nSPS) is 13.4. The number of carbonyl (C=O) groups is 1. The van der Waals surface area contributed by atoms with Gasteiger partial charge in [0, 0.05) is 17.7 Å². The summed E-state index contributed by atoms with van der Waals surface area (Å²) < 4.78 is 22.5. The Morgan fingerprint density at radius 1 is 1.29 bits per heavy atom. The minimum absolute atomic E-state index is 0.00417. The van der Waals surface area contributed by atoms with Gasteiger partial charge in [0.1, 0.15) is 0 Å². The largest absolute Gasteiger partial charge is 0.330 e. The molecule has 1 aromatic rings. The van der Waals surface area contributed by atoms with E-state index in [2.05, 4.69) is 0 Å². The minimum atomic E-state index is -3.21. The molecule has 0 radical (unpaired) electrons. The zero-order valence-electron chi connectivity index (χ0n) is 10.0. The van der Waals surface area contributed by atoms with Crippen LogP contribution in [0.4, 0.5) is 0 Å². The summed E-state index contributed by atoms with van der Waals surface area (Å²) in [4.78, 5) is 12.1. The Hall–Kier alpha value is -1.20. The predicted molar refractivity (Wildman–Crippen MR) is 66.7 cm³/mol. The van der Waals surface area contributed by atoms with Crippen molar-refractivity contribution in [2.75, 3.05) is 12.8 Å². The van der Waals surface area contributed by atoms with Crippen LogP contribution < -0.4 is 5.73 Å². The van der Waals surface area contributed by atoms with Crippen molar-refractivity contribution in [1.82, 2.24) is 0 Å². The van der Waals surface area contributed by atoms with Crippen molar-refractivity contribution in [1.29, 1.82) is 0 Å². The van der Waals surface area contributed by atoms with Gasteiger partial charge in [0.15, 0.2) is 15.6 Å². The first kappa shape index (κ1) is 13.9. The van der Waals surface area contributed by atoms with Gasteiger partial charge < -0.3 is 5.73 Å². The molecular weight excluding hydrogens is 238 g/mol. The van der Waals surface area contributed by atoms with Gasteiger partial charge in [0.2, 0.25) is 0 Å². The molecule has 0 heterocycles. The number of nitrogens with two attached hydrogens (primary N) is 1. The molecule has 0 fully saturated rings. The zero-order chi connectivity index (χ0) is 13.1. The topological polar surface area (TPSA) is 77.2 Å². The monoisotopic (exact) mass is 255 g/mol. The summed E-state index contributed by atoms with van der Waals surface area (Å²) in [5.74, 6) is -0.139. The summed E-state index contributed by atoms with van der Waals surface area (Å²) in [7, 11) is -3.21. The number of sulfone groups is 1. The van der Waals surface area contributed by atoms with Crippen molar-refractivity contribution in [3.8, 4) is 0 Å². The van der Waals surface area contributed by atoms with Gasteiger partial charge in [-0.2, -0.15) is 0 Å². The zero-order valence-corrected chi connectivity index (χ0v) is 10.8. The van der Waals surface area contributed by atoms with Crippen molar-refractivity contribution >= 4 is 15.6 Å². The molecule has 1 rings (SSSR count). The maximum atomic E-state index is 11.9. The van der Waals surface area contributed by atoms with Crippen LogP contribution in [0.15, 0.2) is 29.2 Å². The highest BCUT2D eigenvalue weighted by molar-refractivity contribution is 7.90. The molecule has 2 N–H and O–H groups in total. The third-order valence-electron chi connectivity index (χ3n) is 2.61. The van der Waals surface area contributed by atoms with Gasteiger partial charge in [0.25, 0.3) is 0 Å². The van der Waals surface area contributed by atoms with E-state index in [4.69, 9.17) is 5.73 Å². The van der Waals surface area contributed by atoms with Gasteiger partial charge in [-0.1, -0.05) is 19.1 Å². The van der Waals surface area contributed by atoms with Gasteiger partial charge in [0.05, 0.1) is 4.90 Å². The van der Waals surface area contributed by atoms with Crippen LogP contribution >= 0.6 is 0 Å². The number of ketones is 1. The molecule has 0 spiro atoms. The Kier molecular flexibility index (Phi) is 4.42. The molecule has 0 saturated heterocycles. The average molecular weight is 255 g/mol. The van der Waals surface area contributed by atoms with Crippen molar-refractivity contribution in [3.63, 3.8) is 0 Å². The Morgan fingerprint density at radius 3 is 2.24 bits per heavy atom. The lowest BCUT2D eigenvalue weighted by atomic mass is 9.97. The van der Waals surface area contributed by atoms with Crippen molar-refractivity contribution in [2.24, 2.45) is 11.7 Å². The molecular formula is C12H17NO3S. The van der Waals surface area contributed by atoms with E-state index < -0.39 is 9.84 Å². The number of benzene rings is 1. The maximum Gasteiger partial charge on any atom is 0.175 e. The summed E-state index contributed by atoms with van der Waals surface area (Å²) in [6.45, 7) is 2.29. The molecule has 1 aromatic carbocycles. The Bertz CT molecular complexity index is 491. The van der Waals surface area contributed by atoms with E-state index in [1.54, 1.807) is 12.1 Å². The smallest absolute Gasteiger partial charge is 0.175 e. The number of rotatable bonds is 5. The Morgan fingerprint density at radius 2 is 1.82 bits per heavy atom. The third kappa shape index (κ3) is 3.64. The molecule has 4 nitrogen and oxygen atoms in total. The van der Waals surface area contributed by atoms with E-state index in [0.29, 0.717) is 18.5 Å². The van der Waals surface area contributed by atoms with Gasteiger partial charge in [-0.3, -0.25) is 4.79 Å². The fourth-order valence-electron chi connectivity index (χ4n) is 1.53. The molecule has 0 aliphatic heterocycles. The summed E-state index contributed by atoms with van der Waals surface area (Å²) in [5, 5.41) is 0. The molecule has 0 aliphatic carbocycles. The van der Waals surface area contributed by atoms with E-state index in [0.717, 1.165) is 6.26 Å². The van der Waals surface area contributed by atoms with Gasteiger partial charge in [-0.25, -0.2) is 8.42 Å². The molecule has 0 bridgehead atoms. The summed E-state index contributed by atoms with van der Waals surface area (Å²) in [6, 6.07) is 6.01. The van der Waals surface area contributed by atoms with Crippen LogP contribution in [0.5, 0.6) is 0 Å². The van der Waals surface area contributed by atoms with Crippen LogP contribution in [0.2, 0.25) is 0 Å². The van der Waals surface area contributed by atoms with Crippen LogP contribution in [0.25, 0.3) is 0 Å². The summed E-state index contributed by atoms with van der Waals surface area (Å²) in [5.41, 5.74) is 5.92. The molecule has 94 valence electrons. The molecule has 1 unspecified atom stereocenters. The molecule has 0 amide bonds. The van der Waals surface area contributed by atoms with E-state index in [-0.39, 0.29) is 16.6 Å². The van der Waals surface area contributed by atoms with Gasteiger partial charge in [-0.15, -0.1) is 0 Å². The molecule has 0 aliphatic rings. The van der Waals surface area contributed by atoms with E-state index in [1.165, 1.54) is 12.1 Å². The van der Waals surface area contributed by atoms with Crippen molar-refractivity contribution in [3.05, 3.63) is 29.8 Å². The lowest BCUT2D eigenvalue weighted by Crippen LogP contribution is -2.15. The lowest BCUT2D eigenvalue weighted by Gasteiger charge is -2.09. The Balaban J connectivity index is 2.92. The second-order valence-electron chi connectivity index (χ2n) is 4.14. The van der Waals surface area contributed by atoms with E-state index in [9.17, 15) is 13.2 Å². The fourth-order valence-corrected chi connectivity index (χ4v) is 2.16. The second-order valence-corrected chi connectivity index (χ2v) is 6.15. The summed E-state index contributed by atoms with van der Waals surface area (Å²) in [6.07, 6.45) is 1.77. The number of hydrogen-bond donors (Lipinski definition) is 1. The van der Waals surface area contributed by atoms with Crippen LogP contribution in [0.1, 0.15) is 23.7 Å². The highest BCUT2D eigenvalue weighted by Crippen LogP contribution is 2.15. The number of carbonyl (C=O) groups excluding carboxylic acids is 1. The Labute approximate surface area is 102 Å². The van der Waals surface area contributed by atoms with Crippen LogP contribution in [0, 0.1) is 5.92 Å². The SMILES string of the molecule is CC(CCN)C(=O)c1ccc(S(C)(=O)=O)cc1. The predicted octanol–water partition coefficient (Wildman–Crippen LogP) is 1.26. The second kappa shape index (κ2) is 5.42. The third-order valence-corrected chi connectivity index (χ3v) is 3.74. The van der Waals surface area contributed by atoms with E-state index >= 15 is 0 Å². The van der Waals surface area contributed by atoms with Crippen LogP contribution in [0.3, 0.4) is 0 Å². The van der Waals surface area contributed by atoms with Crippen LogP contribution in [-0.2, 0) is 9.84 Å². The number of Topliss-reactive ketones (excluding diaryl/α,β-unsaturated/α-hetero) is 1. The first-order chi connectivity index (χ1) is 7.86. The van der Waals surface area contributed by atoms with Crippen molar-refractivity contribution < 1.29 is 13.2 Å². The van der Waals surface area contributed by atoms with Crippen molar-refractivity contribution in [2.45, 2.75) is 18.2 Å². The lowest BCUT2D eigenvalue weighted by molar-refractivity contribution is 0.0925. The first-order valence-corrected chi connectivity index (χ1v) is 7.30. The standard InChI is InChI=1S/C12H17NO3S/c1-9(7-8-13)12(14)10-3-5-11(6-4-10)17(2,15)16/h3-6,9H,7-8,13H2,1-2H3. The number of hydrogen-bond acceptors (Lipinski definition) is 4. The molecule has 1 atom stereocenters. The van der Waals surface area contributed by atoms with Gasteiger partial charge in [-0.05, 0) is 25.1 Å². The fraction of sp³-hybridized carbons (Fsp3) is 0.417. The quantitative estimate of drug-likeness (QED) is 0.803. The molecule has 5 heteroatoms. The van der Waals surface area contributed by atoms with E-state index in [1.807, 2.05) is 6.92 Å². The maximum absolute atomic E-state index is 11.9. The first-order valence-electron chi connectivity index (χ1n) is 5.40. The highest BCUT2D eigenvalue weighted by atomic mass is 32.2. The van der Waals surface area contributed by atoms with Gasteiger partial charge >= 0.3 is 0 Å². The molecule has 0 aromatic heterocycles. The van der Waals surface area contributed by atoms with Crippen LogP contribution in [-0.4, -0.2) is 27.0 Å². The average Bonchev–Trinajstić information content (AvgIpc) is 2.27. The molecule has 17 heavy (non-hydrogen) atoms.